The molecule has 0 aliphatic carbocycles. The van der Waals surface area contributed by atoms with E-state index in [1.54, 1.807) is 14.2 Å². The second kappa shape index (κ2) is 14.4. The van der Waals surface area contributed by atoms with E-state index in [1.807, 2.05) is 0 Å². The van der Waals surface area contributed by atoms with Crippen molar-refractivity contribution in [3.8, 4) is 0 Å². The molecule has 0 spiro atoms. The predicted molar refractivity (Wildman–Crippen MR) is 96.1 cm³/mol. The van der Waals surface area contributed by atoms with Crippen molar-refractivity contribution in [2.75, 3.05) is 54.0 Å². The van der Waals surface area contributed by atoms with Crippen LogP contribution in [-0.4, -0.2) is 92.1 Å². The van der Waals surface area contributed by atoms with Crippen LogP contribution in [0.2, 0.25) is 0 Å². The number of rotatable bonds is 15. The molecule has 0 saturated carbocycles. The molecule has 1 heterocycles. The smallest absolute Gasteiger partial charge is 0.220 e. The fourth-order valence-corrected chi connectivity index (χ4v) is 2.62. The summed E-state index contributed by atoms with van der Waals surface area (Å²) in [6.07, 6.45) is 1.50. The number of nitrogens with one attached hydrogen (secondary N) is 1. The lowest BCUT2D eigenvalue weighted by Crippen LogP contribution is -2.39. The lowest BCUT2D eigenvalue weighted by Gasteiger charge is -2.22. The van der Waals surface area contributed by atoms with Crippen LogP contribution in [0.4, 0.5) is 0 Å². The Labute approximate surface area is 157 Å². The summed E-state index contributed by atoms with van der Waals surface area (Å²) in [7, 11) is 9.10. The zero-order valence-corrected chi connectivity index (χ0v) is 16.1. The highest BCUT2D eigenvalue weighted by Gasteiger charge is 2.43. The first kappa shape index (κ1) is 23.3. The molecule has 0 bridgehead atoms. The first-order valence-electron chi connectivity index (χ1n) is 9.10. The fourth-order valence-electron chi connectivity index (χ4n) is 2.62. The SMILES string of the molecule is [B]C1OC(COC)C(OC)C1OCOCCOCCNC(=O)CCCC. The van der Waals surface area contributed by atoms with Gasteiger partial charge in [-0.15, -0.1) is 0 Å². The Hall–Kier alpha value is -0.705. The normalized spacial score (nSPS) is 25.5. The minimum Gasteiger partial charge on any atom is -0.382 e. The number of hydrogen-bond donors (Lipinski definition) is 1. The minimum atomic E-state index is -0.587. The van der Waals surface area contributed by atoms with Gasteiger partial charge in [-0.05, 0) is 6.42 Å². The summed E-state index contributed by atoms with van der Waals surface area (Å²) in [4.78, 5) is 11.4. The van der Waals surface area contributed by atoms with Crippen LogP contribution < -0.4 is 5.32 Å². The van der Waals surface area contributed by atoms with Gasteiger partial charge in [-0.2, -0.15) is 0 Å². The molecule has 2 radical (unpaired) electrons. The van der Waals surface area contributed by atoms with Crippen molar-refractivity contribution in [2.24, 2.45) is 0 Å². The van der Waals surface area contributed by atoms with Gasteiger partial charge in [0.1, 0.15) is 33.0 Å². The highest BCUT2D eigenvalue weighted by Crippen LogP contribution is 2.24. The standard InChI is InChI=1S/C17H32BNO7/c1-4-5-6-14(20)19-7-8-23-9-10-24-12-25-16-15(22-3)13(11-21-2)26-17(16)18/h13,15-17H,4-12H2,1-3H3,(H,19,20). The zero-order chi connectivity index (χ0) is 19.2. The summed E-state index contributed by atoms with van der Waals surface area (Å²) in [6.45, 7) is 4.26. The van der Waals surface area contributed by atoms with E-state index in [0.29, 0.717) is 39.4 Å². The van der Waals surface area contributed by atoms with Crippen LogP contribution in [0.5, 0.6) is 0 Å². The molecule has 4 unspecified atom stereocenters. The first-order valence-corrected chi connectivity index (χ1v) is 9.10. The van der Waals surface area contributed by atoms with E-state index in [0.717, 1.165) is 12.8 Å². The van der Waals surface area contributed by atoms with Crippen LogP contribution >= 0.6 is 0 Å². The van der Waals surface area contributed by atoms with Crippen LogP contribution in [0.3, 0.4) is 0 Å². The zero-order valence-electron chi connectivity index (χ0n) is 16.1. The Morgan fingerprint density at radius 2 is 1.92 bits per heavy atom. The summed E-state index contributed by atoms with van der Waals surface area (Å²) >= 11 is 0. The first-order chi connectivity index (χ1) is 12.6. The maximum Gasteiger partial charge on any atom is 0.220 e. The topological polar surface area (TPSA) is 84.5 Å². The van der Waals surface area contributed by atoms with Gasteiger partial charge >= 0.3 is 0 Å². The second-order valence-corrected chi connectivity index (χ2v) is 6.02. The Bertz CT molecular complexity index is 375. The van der Waals surface area contributed by atoms with Gasteiger partial charge in [-0.25, -0.2) is 0 Å². The van der Waals surface area contributed by atoms with Gasteiger partial charge in [0.2, 0.25) is 5.91 Å². The van der Waals surface area contributed by atoms with Crippen LogP contribution in [0.1, 0.15) is 26.2 Å². The molecule has 1 aliphatic rings. The van der Waals surface area contributed by atoms with E-state index in [9.17, 15) is 4.79 Å². The van der Waals surface area contributed by atoms with E-state index in [4.69, 9.17) is 36.3 Å². The average molecular weight is 373 g/mol. The number of unbranched alkanes of at least 4 members (excludes halogenated alkanes) is 1. The molecule has 26 heavy (non-hydrogen) atoms. The third kappa shape index (κ3) is 8.79. The molecule has 1 amide bonds. The van der Waals surface area contributed by atoms with E-state index in [2.05, 4.69) is 12.2 Å². The molecule has 9 heteroatoms. The Morgan fingerprint density at radius 1 is 1.15 bits per heavy atom. The molecule has 0 aromatic rings. The fraction of sp³-hybridized carbons (Fsp3) is 0.941. The predicted octanol–water partition coefficient (Wildman–Crippen LogP) is 0.224. The van der Waals surface area contributed by atoms with E-state index < -0.39 is 12.1 Å². The third-order valence-electron chi connectivity index (χ3n) is 3.99. The minimum absolute atomic E-state index is 0.0645. The van der Waals surface area contributed by atoms with Crippen molar-refractivity contribution < 1.29 is 33.2 Å². The van der Waals surface area contributed by atoms with Crippen molar-refractivity contribution in [3.63, 3.8) is 0 Å². The summed E-state index contributed by atoms with van der Waals surface area (Å²) < 4.78 is 32.5. The summed E-state index contributed by atoms with van der Waals surface area (Å²) in [5.41, 5.74) is 0. The molecule has 1 fully saturated rings. The Balaban J connectivity index is 2.02. The number of amides is 1. The van der Waals surface area contributed by atoms with Crippen molar-refractivity contribution >= 4 is 13.8 Å². The molecule has 1 saturated heterocycles. The second-order valence-electron chi connectivity index (χ2n) is 6.02. The number of carbonyl (C=O) groups excluding carboxylic acids is 1. The van der Waals surface area contributed by atoms with E-state index >= 15 is 0 Å². The van der Waals surface area contributed by atoms with Gasteiger partial charge in [-0.1, -0.05) is 13.3 Å². The highest BCUT2D eigenvalue weighted by atomic mass is 16.7. The molecule has 1 rings (SSSR count). The van der Waals surface area contributed by atoms with Gasteiger partial charge < -0.3 is 33.7 Å². The lowest BCUT2D eigenvalue weighted by molar-refractivity contribution is -0.130. The maximum absolute atomic E-state index is 11.4. The van der Waals surface area contributed by atoms with Crippen LogP contribution in [-0.2, 0) is 33.2 Å². The average Bonchev–Trinajstić information content (AvgIpc) is 2.93. The van der Waals surface area contributed by atoms with Crippen molar-refractivity contribution in [3.05, 3.63) is 0 Å². The molecule has 8 nitrogen and oxygen atoms in total. The number of carbonyl (C=O) groups is 1. The summed E-state index contributed by atoms with van der Waals surface area (Å²) in [5, 5.41) is 2.81. The van der Waals surface area contributed by atoms with Crippen molar-refractivity contribution in [2.45, 2.75) is 50.5 Å². The monoisotopic (exact) mass is 373 g/mol. The molecule has 150 valence electrons. The molecule has 0 aromatic carbocycles. The quantitative estimate of drug-likeness (QED) is 0.250. The molecule has 1 aliphatic heterocycles. The van der Waals surface area contributed by atoms with Gasteiger partial charge in [0, 0.05) is 33.2 Å². The number of hydrogen-bond acceptors (Lipinski definition) is 7. The summed E-state index contributed by atoms with van der Waals surface area (Å²) in [5.74, 6) is 0.0645. The number of ether oxygens (including phenoxy) is 6. The molecular weight excluding hydrogens is 341 g/mol. The Kier molecular flexibility index (Phi) is 12.9. The van der Waals surface area contributed by atoms with Crippen molar-refractivity contribution in [1.29, 1.82) is 0 Å². The molecule has 0 aromatic heterocycles. The summed E-state index contributed by atoms with van der Waals surface area (Å²) in [6, 6.07) is -0.587. The lowest BCUT2D eigenvalue weighted by atomic mass is 9.93. The van der Waals surface area contributed by atoms with E-state index in [-0.39, 0.29) is 24.9 Å². The third-order valence-corrected chi connectivity index (χ3v) is 3.99. The van der Waals surface area contributed by atoms with Gasteiger partial charge in [-0.3, -0.25) is 4.79 Å². The molecule has 1 N–H and O–H groups in total. The molecule has 4 atom stereocenters. The van der Waals surface area contributed by atoms with Gasteiger partial charge in [0.25, 0.3) is 0 Å². The van der Waals surface area contributed by atoms with Crippen LogP contribution in [0.25, 0.3) is 0 Å². The Morgan fingerprint density at radius 3 is 2.62 bits per heavy atom. The van der Waals surface area contributed by atoms with Crippen LogP contribution in [0.15, 0.2) is 0 Å². The number of methoxy groups -OCH3 is 2. The van der Waals surface area contributed by atoms with Crippen LogP contribution in [0, 0.1) is 0 Å². The maximum atomic E-state index is 11.4. The van der Waals surface area contributed by atoms with E-state index in [1.165, 1.54) is 0 Å². The van der Waals surface area contributed by atoms with Crippen molar-refractivity contribution in [1.82, 2.24) is 5.32 Å². The highest BCUT2D eigenvalue weighted by molar-refractivity contribution is 6.11. The van der Waals surface area contributed by atoms with Gasteiger partial charge in [0.05, 0.1) is 26.4 Å². The largest absolute Gasteiger partial charge is 0.382 e. The molecular formula is C17H32BNO7. The van der Waals surface area contributed by atoms with Gasteiger partial charge in [0.15, 0.2) is 0 Å².